The first-order chi connectivity index (χ1) is 14.1. The minimum Gasteiger partial charge on any atom is -0.357 e. The zero-order chi connectivity index (χ0) is 20.0. The van der Waals surface area contributed by atoms with Crippen molar-refractivity contribution in [2.45, 2.75) is 31.2 Å². The summed E-state index contributed by atoms with van der Waals surface area (Å²) in [4.78, 5) is 29.1. The van der Waals surface area contributed by atoms with Gasteiger partial charge in [-0.25, -0.2) is 4.39 Å². The molecule has 0 aliphatic carbocycles. The summed E-state index contributed by atoms with van der Waals surface area (Å²) >= 11 is 0. The third-order valence-electron chi connectivity index (χ3n) is 6.45. The lowest BCUT2D eigenvalue weighted by Crippen LogP contribution is -2.49. The summed E-state index contributed by atoms with van der Waals surface area (Å²) in [5, 5.41) is 3.00. The summed E-state index contributed by atoms with van der Waals surface area (Å²) < 4.78 is 13.0. The zero-order valence-corrected chi connectivity index (χ0v) is 16.2. The van der Waals surface area contributed by atoms with Gasteiger partial charge < -0.3 is 15.1 Å². The van der Waals surface area contributed by atoms with E-state index in [4.69, 9.17) is 0 Å². The van der Waals surface area contributed by atoms with E-state index in [9.17, 15) is 14.0 Å². The van der Waals surface area contributed by atoms with Crippen LogP contribution in [0.2, 0.25) is 0 Å². The third kappa shape index (κ3) is 3.31. The van der Waals surface area contributed by atoms with Crippen LogP contribution in [0.1, 0.15) is 41.1 Å². The number of benzene rings is 2. The Morgan fingerprint density at radius 3 is 2.83 bits per heavy atom. The van der Waals surface area contributed by atoms with Gasteiger partial charge >= 0.3 is 0 Å². The number of nitrogens with one attached hydrogen (secondary N) is 1. The first-order valence-electron chi connectivity index (χ1n) is 10.3. The van der Waals surface area contributed by atoms with Crippen LogP contribution >= 0.6 is 0 Å². The van der Waals surface area contributed by atoms with Crippen molar-refractivity contribution in [1.29, 1.82) is 0 Å². The van der Waals surface area contributed by atoms with E-state index in [0.717, 1.165) is 38.2 Å². The molecule has 0 saturated carbocycles. The molecule has 0 bridgehead atoms. The van der Waals surface area contributed by atoms with Crippen LogP contribution in [0.15, 0.2) is 42.5 Å². The number of para-hydroxylation sites is 1. The van der Waals surface area contributed by atoms with E-state index in [-0.39, 0.29) is 17.5 Å². The van der Waals surface area contributed by atoms with Crippen LogP contribution in [-0.4, -0.2) is 48.8 Å². The second-order valence-electron chi connectivity index (χ2n) is 8.22. The van der Waals surface area contributed by atoms with Gasteiger partial charge in [0.15, 0.2) is 5.78 Å². The first-order valence-corrected chi connectivity index (χ1v) is 10.3. The highest BCUT2D eigenvalue weighted by Gasteiger charge is 2.44. The molecule has 1 amide bonds. The van der Waals surface area contributed by atoms with Crippen molar-refractivity contribution in [2.75, 3.05) is 36.4 Å². The maximum Gasteiger partial charge on any atom is 0.243 e. The van der Waals surface area contributed by atoms with Gasteiger partial charge in [-0.05, 0) is 55.3 Å². The molecule has 2 aromatic rings. The highest BCUT2D eigenvalue weighted by atomic mass is 19.1. The molecular formula is C23H24FN3O2. The quantitative estimate of drug-likeness (QED) is 0.791. The Kier molecular flexibility index (Phi) is 4.59. The molecule has 3 heterocycles. The Labute approximate surface area is 169 Å². The fraction of sp³-hybridized carbons (Fsp3) is 0.391. The molecule has 2 aromatic carbocycles. The summed E-state index contributed by atoms with van der Waals surface area (Å²) in [7, 11) is 0. The number of hydrogen-bond donors (Lipinski definition) is 1. The number of Topliss-reactive ketones (excluding diaryl/α,β-unsaturated/α-hetero) is 1. The van der Waals surface area contributed by atoms with Crippen LogP contribution in [0, 0.1) is 5.82 Å². The van der Waals surface area contributed by atoms with Crippen molar-refractivity contribution in [3.05, 3.63) is 59.4 Å². The number of anilines is 2. The molecule has 1 fully saturated rings. The van der Waals surface area contributed by atoms with Crippen LogP contribution in [0.3, 0.4) is 0 Å². The molecule has 150 valence electrons. The molecule has 1 saturated heterocycles. The lowest BCUT2D eigenvalue weighted by Gasteiger charge is -2.39. The van der Waals surface area contributed by atoms with Gasteiger partial charge in [-0.15, -0.1) is 0 Å². The summed E-state index contributed by atoms with van der Waals surface area (Å²) in [5.74, 6) is 0.216. The van der Waals surface area contributed by atoms with Crippen molar-refractivity contribution >= 4 is 23.1 Å². The zero-order valence-electron chi connectivity index (χ0n) is 16.2. The highest BCUT2D eigenvalue weighted by Crippen LogP contribution is 2.49. The number of piperidine rings is 1. The fourth-order valence-electron chi connectivity index (χ4n) is 5.12. The highest BCUT2D eigenvalue weighted by molar-refractivity contribution is 6.03. The predicted octanol–water partition coefficient (Wildman–Crippen LogP) is 3.42. The van der Waals surface area contributed by atoms with E-state index in [0.29, 0.717) is 30.5 Å². The molecule has 0 spiro atoms. The number of amides is 1. The van der Waals surface area contributed by atoms with Crippen molar-refractivity contribution in [3.8, 4) is 0 Å². The van der Waals surface area contributed by atoms with E-state index in [1.807, 2.05) is 12.1 Å². The van der Waals surface area contributed by atoms with Crippen molar-refractivity contribution < 1.29 is 14.0 Å². The number of ketones is 1. The van der Waals surface area contributed by atoms with E-state index in [2.05, 4.69) is 21.2 Å². The molecule has 0 radical (unpaired) electrons. The molecule has 3 aliphatic heterocycles. The fourth-order valence-corrected chi connectivity index (χ4v) is 5.12. The van der Waals surface area contributed by atoms with Crippen molar-refractivity contribution in [2.24, 2.45) is 0 Å². The molecule has 3 aliphatic rings. The molecule has 6 heteroatoms. The number of halogens is 1. The Morgan fingerprint density at radius 2 is 2.00 bits per heavy atom. The SMILES string of the molecule is O=C1CN2c3c(cccc3C3CN(CCCC(=O)c4ccc(F)cc4)CCC32)N1. The topological polar surface area (TPSA) is 52.7 Å². The lowest BCUT2D eigenvalue weighted by atomic mass is 9.89. The first kappa shape index (κ1) is 18.3. The van der Waals surface area contributed by atoms with Gasteiger partial charge in [-0.1, -0.05) is 12.1 Å². The summed E-state index contributed by atoms with van der Waals surface area (Å²) in [6.45, 7) is 3.25. The van der Waals surface area contributed by atoms with Gasteiger partial charge in [0.05, 0.1) is 17.9 Å². The number of fused-ring (bicyclic) bond motifs is 3. The molecule has 5 rings (SSSR count). The van der Waals surface area contributed by atoms with Crippen LogP contribution in [-0.2, 0) is 4.79 Å². The van der Waals surface area contributed by atoms with Crippen molar-refractivity contribution in [1.82, 2.24) is 4.90 Å². The summed E-state index contributed by atoms with van der Waals surface area (Å²) in [6, 6.07) is 12.4. The standard InChI is InChI=1S/C23H24FN3O2/c24-16-8-6-15(7-9-16)21(28)5-2-11-26-12-10-20-18(13-26)17-3-1-4-19-23(17)27(20)14-22(29)25-19/h1,3-4,6-9,18,20H,2,5,10-14H2,(H,25,29). The average molecular weight is 393 g/mol. The number of carbonyl (C=O) groups is 2. The van der Waals surface area contributed by atoms with Crippen LogP contribution in [0.25, 0.3) is 0 Å². The molecular weight excluding hydrogens is 369 g/mol. The summed E-state index contributed by atoms with van der Waals surface area (Å²) in [5.41, 5.74) is 4.05. The normalized spacial score (nSPS) is 22.8. The average Bonchev–Trinajstić information content (AvgIpc) is 3.03. The molecule has 1 N–H and O–H groups in total. The third-order valence-corrected chi connectivity index (χ3v) is 6.45. The number of nitrogens with zero attached hydrogens (tertiary/aromatic N) is 2. The van der Waals surface area contributed by atoms with E-state index in [1.54, 1.807) is 12.1 Å². The van der Waals surface area contributed by atoms with Crippen LogP contribution in [0.5, 0.6) is 0 Å². The van der Waals surface area contributed by atoms with Gasteiger partial charge in [0, 0.05) is 37.0 Å². The molecule has 29 heavy (non-hydrogen) atoms. The van der Waals surface area contributed by atoms with Crippen LogP contribution in [0.4, 0.5) is 15.8 Å². The molecule has 2 atom stereocenters. The largest absolute Gasteiger partial charge is 0.357 e. The Balaban J connectivity index is 1.22. The Hall–Kier alpha value is -2.73. The van der Waals surface area contributed by atoms with E-state index >= 15 is 0 Å². The maximum atomic E-state index is 13.0. The Bertz CT molecular complexity index is 959. The number of likely N-dealkylation sites (tertiary alicyclic amines) is 1. The number of carbonyl (C=O) groups excluding carboxylic acids is 2. The smallest absolute Gasteiger partial charge is 0.243 e. The van der Waals surface area contributed by atoms with Gasteiger partial charge in [-0.3, -0.25) is 9.59 Å². The van der Waals surface area contributed by atoms with Gasteiger partial charge in [-0.2, -0.15) is 0 Å². The summed E-state index contributed by atoms with van der Waals surface area (Å²) in [6.07, 6.45) is 2.30. The molecule has 5 nitrogen and oxygen atoms in total. The number of rotatable bonds is 5. The van der Waals surface area contributed by atoms with Crippen molar-refractivity contribution in [3.63, 3.8) is 0 Å². The van der Waals surface area contributed by atoms with E-state index in [1.165, 1.54) is 23.4 Å². The van der Waals surface area contributed by atoms with Gasteiger partial charge in [0.2, 0.25) is 5.91 Å². The lowest BCUT2D eigenvalue weighted by molar-refractivity contribution is -0.115. The van der Waals surface area contributed by atoms with Gasteiger partial charge in [0.1, 0.15) is 5.82 Å². The molecule has 0 aromatic heterocycles. The van der Waals surface area contributed by atoms with E-state index < -0.39 is 0 Å². The Morgan fingerprint density at radius 1 is 1.17 bits per heavy atom. The second-order valence-corrected chi connectivity index (χ2v) is 8.22. The molecule has 2 unspecified atom stereocenters. The monoisotopic (exact) mass is 393 g/mol. The minimum absolute atomic E-state index is 0.0667. The predicted molar refractivity (Wildman–Crippen MR) is 110 cm³/mol. The second kappa shape index (κ2) is 7.26. The minimum atomic E-state index is -0.320. The van der Waals surface area contributed by atoms with Gasteiger partial charge in [0.25, 0.3) is 0 Å². The number of hydrogen-bond acceptors (Lipinski definition) is 4. The van der Waals surface area contributed by atoms with Crippen LogP contribution < -0.4 is 10.2 Å². The maximum absolute atomic E-state index is 13.0.